The molecule has 0 aliphatic carbocycles. The molecule has 1 rings (SSSR count). The first-order valence-electron chi connectivity index (χ1n) is 7.20. The Kier molecular flexibility index (Phi) is 5.57. The van der Waals surface area contributed by atoms with Crippen molar-refractivity contribution < 1.29 is 19.5 Å². The van der Waals surface area contributed by atoms with Gasteiger partial charge in [-0.25, -0.2) is 9.59 Å². The first-order chi connectivity index (χ1) is 9.70. The number of hydrogen-bond acceptors (Lipinski definition) is 3. The molecule has 1 aliphatic heterocycles. The molecular formula is C14H25N3O4. The van der Waals surface area contributed by atoms with Crippen molar-refractivity contribution in [3.8, 4) is 0 Å². The van der Waals surface area contributed by atoms with Crippen LogP contribution in [0.3, 0.4) is 0 Å². The quantitative estimate of drug-likeness (QED) is 0.710. The van der Waals surface area contributed by atoms with Gasteiger partial charge >= 0.3 is 12.0 Å². The van der Waals surface area contributed by atoms with E-state index in [4.69, 9.17) is 0 Å². The Balaban J connectivity index is 2.69. The predicted octanol–water partition coefficient (Wildman–Crippen LogP) is 0.653. The van der Waals surface area contributed by atoms with Crippen molar-refractivity contribution in [1.29, 1.82) is 0 Å². The lowest BCUT2D eigenvalue weighted by Gasteiger charge is -2.37. The van der Waals surface area contributed by atoms with Gasteiger partial charge in [-0.05, 0) is 32.6 Å². The summed E-state index contributed by atoms with van der Waals surface area (Å²) in [5, 5.41) is 14.5. The number of rotatable bonds is 4. The molecule has 1 heterocycles. The zero-order valence-electron chi connectivity index (χ0n) is 13.1. The lowest BCUT2D eigenvalue weighted by atomic mass is 9.90. The fourth-order valence-electron chi connectivity index (χ4n) is 2.61. The number of carbonyl (C=O) groups is 3. The highest BCUT2D eigenvalue weighted by molar-refractivity contribution is 5.85. The van der Waals surface area contributed by atoms with Crippen molar-refractivity contribution in [2.45, 2.75) is 39.7 Å². The van der Waals surface area contributed by atoms with Crippen LogP contribution in [0.25, 0.3) is 0 Å². The zero-order valence-corrected chi connectivity index (χ0v) is 13.1. The van der Waals surface area contributed by atoms with E-state index < -0.39 is 23.5 Å². The fourth-order valence-corrected chi connectivity index (χ4v) is 2.61. The highest BCUT2D eigenvalue weighted by atomic mass is 16.4. The van der Waals surface area contributed by atoms with Gasteiger partial charge in [-0.2, -0.15) is 0 Å². The minimum Gasteiger partial charge on any atom is -0.480 e. The largest absolute Gasteiger partial charge is 0.480 e. The molecule has 120 valence electrons. The molecule has 2 unspecified atom stereocenters. The third-order valence-electron chi connectivity index (χ3n) is 3.97. The molecule has 0 radical (unpaired) electrons. The van der Waals surface area contributed by atoms with E-state index in [1.165, 1.54) is 4.90 Å². The molecule has 21 heavy (non-hydrogen) atoms. The number of piperidine rings is 1. The van der Waals surface area contributed by atoms with Gasteiger partial charge in [0.05, 0.1) is 5.41 Å². The maximum Gasteiger partial charge on any atom is 0.326 e. The number of hydrogen-bond donors (Lipinski definition) is 3. The summed E-state index contributed by atoms with van der Waals surface area (Å²) in [5.41, 5.74) is -0.746. The Morgan fingerprint density at radius 1 is 1.33 bits per heavy atom. The zero-order chi connectivity index (χ0) is 16.2. The first-order valence-corrected chi connectivity index (χ1v) is 7.20. The molecule has 1 fully saturated rings. The van der Waals surface area contributed by atoms with Crippen LogP contribution in [0, 0.1) is 11.3 Å². The van der Waals surface area contributed by atoms with Crippen LogP contribution in [0.15, 0.2) is 0 Å². The number of likely N-dealkylation sites (tertiary alicyclic amines) is 1. The van der Waals surface area contributed by atoms with Crippen LogP contribution in [0.5, 0.6) is 0 Å². The average Bonchev–Trinajstić information content (AvgIpc) is 2.43. The molecule has 0 bridgehead atoms. The van der Waals surface area contributed by atoms with Gasteiger partial charge in [0, 0.05) is 20.1 Å². The Morgan fingerprint density at radius 2 is 1.95 bits per heavy atom. The summed E-state index contributed by atoms with van der Waals surface area (Å²) < 4.78 is 0. The van der Waals surface area contributed by atoms with E-state index in [9.17, 15) is 19.5 Å². The van der Waals surface area contributed by atoms with E-state index in [1.807, 2.05) is 6.92 Å². The molecule has 1 saturated heterocycles. The van der Waals surface area contributed by atoms with Crippen molar-refractivity contribution in [1.82, 2.24) is 15.5 Å². The topological polar surface area (TPSA) is 98.7 Å². The third-order valence-corrected chi connectivity index (χ3v) is 3.97. The van der Waals surface area contributed by atoms with Crippen LogP contribution in [0.4, 0.5) is 4.79 Å². The van der Waals surface area contributed by atoms with Crippen molar-refractivity contribution in [2.75, 3.05) is 20.1 Å². The van der Waals surface area contributed by atoms with E-state index in [1.54, 1.807) is 20.9 Å². The molecular weight excluding hydrogens is 274 g/mol. The van der Waals surface area contributed by atoms with Crippen molar-refractivity contribution in [3.05, 3.63) is 0 Å². The smallest absolute Gasteiger partial charge is 0.326 e. The second kappa shape index (κ2) is 6.78. The number of amides is 3. The molecule has 3 amide bonds. The molecule has 1 aliphatic rings. The van der Waals surface area contributed by atoms with Gasteiger partial charge in [-0.15, -0.1) is 0 Å². The summed E-state index contributed by atoms with van der Waals surface area (Å²) in [4.78, 5) is 36.6. The van der Waals surface area contributed by atoms with Crippen molar-refractivity contribution in [2.24, 2.45) is 11.3 Å². The summed E-state index contributed by atoms with van der Waals surface area (Å²) in [6.45, 7) is 5.86. The molecule has 0 aromatic heterocycles. The van der Waals surface area contributed by atoms with Crippen LogP contribution in [0.2, 0.25) is 0 Å². The molecule has 0 saturated carbocycles. The van der Waals surface area contributed by atoms with E-state index in [0.29, 0.717) is 6.54 Å². The van der Waals surface area contributed by atoms with E-state index >= 15 is 0 Å². The van der Waals surface area contributed by atoms with Crippen LogP contribution in [-0.4, -0.2) is 54.1 Å². The second-order valence-corrected chi connectivity index (χ2v) is 6.22. The molecule has 0 aromatic carbocycles. The van der Waals surface area contributed by atoms with Gasteiger partial charge in [0.15, 0.2) is 0 Å². The highest BCUT2D eigenvalue weighted by Gasteiger charge is 2.37. The van der Waals surface area contributed by atoms with Gasteiger partial charge < -0.3 is 20.6 Å². The average molecular weight is 299 g/mol. The Bertz CT molecular complexity index is 422. The SMILES string of the molecule is CNC(=O)C(C)(C)CNC(=O)N1CCCC(C)C1C(=O)O. The highest BCUT2D eigenvalue weighted by Crippen LogP contribution is 2.24. The summed E-state index contributed by atoms with van der Waals surface area (Å²) in [6, 6.07) is -1.23. The van der Waals surface area contributed by atoms with Gasteiger partial charge in [-0.3, -0.25) is 4.79 Å². The molecule has 3 N–H and O–H groups in total. The summed E-state index contributed by atoms with van der Waals surface area (Å²) in [6.07, 6.45) is 1.59. The van der Waals surface area contributed by atoms with Crippen molar-refractivity contribution >= 4 is 17.9 Å². The van der Waals surface area contributed by atoms with E-state index in [2.05, 4.69) is 10.6 Å². The van der Waals surface area contributed by atoms with Gasteiger partial charge in [0.25, 0.3) is 0 Å². The summed E-state index contributed by atoms with van der Waals surface area (Å²) in [5.74, 6) is -1.23. The maximum absolute atomic E-state index is 12.2. The molecule has 7 nitrogen and oxygen atoms in total. The first kappa shape index (κ1) is 17.3. The summed E-state index contributed by atoms with van der Waals surface area (Å²) >= 11 is 0. The normalized spacial score (nSPS) is 22.6. The Morgan fingerprint density at radius 3 is 2.48 bits per heavy atom. The number of urea groups is 1. The Labute approximate surface area is 125 Å². The molecule has 2 atom stereocenters. The molecule has 7 heteroatoms. The Hall–Kier alpha value is -1.79. The fraction of sp³-hybridized carbons (Fsp3) is 0.786. The molecule has 0 spiro atoms. The third kappa shape index (κ3) is 4.09. The standard InChI is InChI=1S/C14H25N3O4/c1-9-6-5-7-17(10(9)11(18)19)13(21)16-8-14(2,3)12(20)15-4/h9-10H,5-8H2,1-4H3,(H,15,20)(H,16,21)(H,18,19). The monoisotopic (exact) mass is 299 g/mol. The van der Waals surface area contributed by atoms with Crippen LogP contribution in [0.1, 0.15) is 33.6 Å². The lowest BCUT2D eigenvalue weighted by molar-refractivity contribution is -0.145. The van der Waals surface area contributed by atoms with Crippen molar-refractivity contribution in [3.63, 3.8) is 0 Å². The van der Waals surface area contributed by atoms with Crippen LogP contribution < -0.4 is 10.6 Å². The summed E-state index contributed by atoms with van der Waals surface area (Å²) in [7, 11) is 1.54. The minimum absolute atomic E-state index is 0.0750. The molecule has 0 aromatic rings. The van der Waals surface area contributed by atoms with Gasteiger partial charge in [0.2, 0.25) is 5.91 Å². The van der Waals surface area contributed by atoms with Gasteiger partial charge in [0.1, 0.15) is 6.04 Å². The predicted molar refractivity (Wildman–Crippen MR) is 77.8 cm³/mol. The number of carbonyl (C=O) groups excluding carboxylic acids is 2. The van der Waals surface area contributed by atoms with Crippen LogP contribution >= 0.6 is 0 Å². The lowest BCUT2D eigenvalue weighted by Crippen LogP contribution is -2.56. The number of nitrogens with one attached hydrogen (secondary N) is 2. The minimum atomic E-state index is -0.983. The number of nitrogens with zero attached hydrogens (tertiary/aromatic N) is 1. The maximum atomic E-state index is 12.2. The van der Waals surface area contributed by atoms with E-state index in [0.717, 1.165) is 12.8 Å². The number of aliphatic carboxylic acids is 1. The second-order valence-electron chi connectivity index (χ2n) is 6.22. The van der Waals surface area contributed by atoms with E-state index in [-0.39, 0.29) is 18.4 Å². The number of carboxylic acids is 1. The van der Waals surface area contributed by atoms with Crippen LogP contribution in [-0.2, 0) is 9.59 Å². The number of carboxylic acid groups (broad SMARTS) is 1. The van der Waals surface area contributed by atoms with Gasteiger partial charge in [-0.1, -0.05) is 6.92 Å².